The van der Waals surface area contributed by atoms with E-state index in [1.807, 2.05) is 41.3 Å². The second kappa shape index (κ2) is 11.5. The second-order valence-electron chi connectivity index (χ2n) is 9.26. The summed E-state index contributed by atoms with van der Waals surface area (Å²) in [6, 6.07) is 11.5. The van der Waals surface area contributed by atoms with Gasteiger partial charge < -0.3 is 23.8 Å². The lowest BCUT2D eigenvalue weighted by Gasteiger charge is -2.38. The zero-order chi connectivity index (χ0) is 23.9. The summed E-state index contributed by atoms with van der Waals surface area (Å²) in [5, 5.41) is 0. The third kappa shape index (κ3) is 5.43. The lowest BCUT2D eigenvalue weighted by atomic mass is 9.85. The van der Waals surface area contributed by atoms with Gasteiger partial charge in [0, 0.05) is 13.0 Å². The summed E-state index contributed by atoms with van der Waals surface area (Å²) in [4.78, 5) is 15.5. The highest BCUT2D eigenvalue weighted by molar-refractivity contribution is 5.77. The van der Waals surface area contributed by atoms with Gasteiger partial charge in [-0.25, -0.2) is 0 Å². The highest BCUT2D eigenvalue weighted by Gasteiger charge is 2.33. The fraction of sp³-hybridized carbons (Fsp3) is 0.536. The Morgan fingerprint density at radius 1 is 0.912 bits per heavy atom. The molecule has 1 saturated carbocycles. The number of nitrogens with zero attached hydrogens (tertiary/aromatic N) is 1. The van der Waals surface area contributed by atoms with Crippen molar-refractivity contribution < 1.29 is 23.7 Å². The van der Waals surface area contributed by atoms with Crippen molar-refractivity contribution in [2.75, 3.05) is 34.5 Å². The highest BCUT2D eigenvalue weighted by Crippen LogP contribution is 2.39. The number of carbonyl (C=O) groups excluding carboxylic acids is 1. The maximum absolute atomic E-state index is 13.5. The predicted molar refractivity (Wildman–Crippen MR) is 132 cm³/mol. The molecule has 0 bridgehead atoms. The first-order valence-electron chi connectivity index (χ1n) is 12.4. The summed E-state index contributed by atoms with van der Waals surface area (Å²) < 4.78 is 22.8. The van der Waals surface area contributed by atoms with E-state index in [2.05, 4.69) is 0 Å². The van der Waals surface area contributed by atoms with Gasteiger partial charge in [0.05, 0.1) is 27.4 Å². The number of fused-ring (bicyclic) bond motifs is 1. The SMILES string of the molecule is COc1cc2c(cc1OC)[C@@H](COc1ccccc1OC)N(C(=O)CCC1CCCCC1)CC2. The molecule has 0 N–H and O–H groups in total. The van der Waals surface area contributed by atoms with E-state index in [4.69, 9.17) is 18.9 Å². The Balaban J connectivity index is 1.57. The van der Waals surface area contributed by atoms with Crippen LogP contribution in [0.2, 0.25) is 0 Å². The molecule has 1 fully saturated rings. The highest BCUT2D eigenvalue weighted by atomic mass is 16.5. The van der Waals surface area contributed by atoms with E-state index in [0.29, 0.717) is 48.5 Å². The lowest BCUT2D eigenvalue weighted by Crippen LogP contribution is -2.42. The molecule has 2 aromatic rings. The van der Waals surface area contributed by atoms with Gasteiger partial charge in [-0.3, -0.25) is 4.79 Å². The molecule has 184 valence electrons. The van der Waals surface area contributed by atoms with E-state index in [9.17, 15) is 4.79 Å². The topological polar surface area (TPSA) is 57.2 Å². The van der Waals surface area contributed by atoms with Crippen LogP contribution in [0.15, 0.2) is 36.4 Å². The molecule has 2 aromatic carbocycles. The Morgan fingerprint density at radius 3 is 2.29 bits per heavy atom. The molecule has 1 amide bonds. The number of benzene rings is 2. The van der Waals surface area contributed by atoms with Crippen LogP contribution >= 0.6 is 0 Å². The molecule has 0 saturated heterocycles. The molecule has 1 heterocycles. The van der Waals surface area contributed by atoms with E-state index < -0.39 is 0 Å². The maximum atomic E-state index is 13.5. The van der Waals surface area contributed by atoms with Gasteiger partial charge in [-0.1, -0.05) is 44.2 Å². The van der Waals surface area contributed by atoms with Crippen molar-refractivity contribution in [3.05, 3.63) is 47.5 Å². The van der Waals surface area contributed by atoms with Crippen molar-refractivity contribution >= 4 is 5.91 Å². The molecule has 4 rings (SSSR count). The van der Waals surface area contributed by atoms with E-state index in [1.54, 1.807) is 21.3 Å². The van der Waals surface area contributed by atoms with Gasteiger partial charge in [-0.15, -0.1) is 0 Å². The minimum atomic E-state index is -0.202. The van der Waals surface area contributed by atoms with Gasteiger partial charge in [-0.05, 0) is 54.2 Å². The van der Waals surface area contributed by atoms with Crippen molar-refractivity contribution in [2.24, 2.45) is 5.92 Å². The van der Waals surface area contributed by atoms with E-state index >= 15 is 0 Å². The van der Waals surface area contributed by atoms with Crippen LogP contribution in [0.5, 0.6) is 23.0 Å². The second-order valence-corrected chi connectivity index (χ2v) is 9.26. The summed E-state index contributed by atoms with van der Waals surface area (Å²) in [7, 11) is 4.92. The van der Waals surface area contributed by atoms with E-state index in [1.165, 1.54) is 37.7 Å². The molecule has 6 heteroatoms. The number of hydrogen-bond acceptors (Lipinski definition) is 5. The van der Waals surface area contributed by atoms with Crippen LogP contribution in [-0.4, -0.2) is 45.3 Å². The van der Waals surface area contributed by atoms with Crippen LogP contribution in [-0.2, 0) is 11.2 Å². The molecule has 6 nitrogen and oxygen atoms in total. The fourth-order valence-corrected chi connectivity index (χ4v) is 5.36. The van der Waals surface area contributed by atoms with Gasteiger partial charge in [0.15, 0.2) is 23.0 Å². The van der Waals surface area contributed by atoms with Crippen LogP contribution in [0.4, 0.5) is 0 Å². The average molecular weight is 468 g/mol. The molecule has 2 aliphatic rings. The average Bonchev–Trinajstić information content (AvgIpc) is 2.90. The zero-order valence-electron chi connectivity index (χ0n) is 20.7. The molecule has 0 unspecified atom stereocenters. The van der Waals surface area contributed by atoms with Gasteiger partial charge in [0.25, 0.3) is 0 Å². The molecule has 1 atom stereocenters. The molecular weight excluding hydrogens is 430 g/mol. The van der Waals surface area contributed by atoms with E-state index in [0.717, 1.165) is 18.4 Å². The van der Waals surface area contributed by atoms with Crippen LogP contribution in [0, 0.1) is 5.92 Å². The van der Waals surface area contributed by atoms with Gasteiger partial charge in [-0.2, -0.15) is 0 Å². The van der Waals surface area contributed by atoms with Crippen LogP contribution < -0.4 is 18.9 Å². The Hall–Kier alpha value is -2.89. The number of hydrogen-bond donors (Lipinski definition) is 0. The van der Waals surface area contributed by atoms with Crippen molar-refractivity contribution in [3.63, 3.8) is 0 Å². The number of ether oxygens (including phenoxy) is 4. The monoisotopic (exact) mass is 467 g/mol. The molecule has 1 aliphatic heterocycles. The molecule has 0 spiro atoms. The number of rotatable bonds is 9. The molecule has 0 aromatic heterocycles. The summed E-state index contributed by atoms with van der Waals surface area (Å²) in [5.74, 6) is 3.62. The molecule has 0 radical (unpaired) electrons. The van der Waals surface area contributed by atoms with Crippen molar-refractivity contribution in [2.45, 2.75) is 57.4 Å². The van der Waals surface area contributed by atoms with Crippen LogP contribution in [0.3, 0.4) is 0 Å². The number of para-hydroxylation sites is 2. The van der Waals surface area contributed by atoms with Gasteiger partial charge in [0.1, 0.15) is 6.61 Å². The normalized spacial score (nSPS) is 18.2. The first kappa shape index (κ1) is 24.2. The number of amides is 1. The van der Waals surface area contributed by atoms with Crippen LogP contribution in [0.1, 0.15) is 62.1 Å². The third-order valence-corrected chi connectivity index (χ3v) is 7.28. The quantitative estimate of drug-likeness (QED) is 0.482. The van der Waals surface area contributed by atoms with E-state index in [-0.39, 0.29) is 11.9 Å². The Bertz CT molecular complexity index is 969. The zero-order valence-corrected chi connectivity index (χ0v) is 20.7. The first-order valence-corrected chi connectivity index (χ1v) is 12.4. The van der Waals surface area contributed by atoms with Gasteiger partial charge >= 0.3 is 0 Å². The molecule has 1 aliphatic carbocycles. The summed E-state index contributed by atoms with van der Waals surface area (Å²) in [6.07, 6.45) is 8.81. The fourth-order valence-electron chi connectivity index (χ4n) is 5.36. The lowest BCUT2D eigenvalue weighted by molar-refractivity contribution is -0.135. The van der Waals surface area contributed by atoms with Gasteiger partial charge in [0.2, 0.25) is 5.91 Å². The van der Waals surface area contributed by atoms with Crippen molar-refractivity contribution in [1.29, 1.82) is 0 Å². The summed E-state index contributed by atoms with van der Waals surface area (Å²) in [6.45, 7) is 1.02. The largest absolute Gasteiger partial charge is 0.493 e. The number of carbonyl (C=O) groups is 1. The smallest absolute Gasteiger partial charge is 0.223 e. The number of methoxy groups -OCH3 is 3. The van der Waals surface area contributed by atoms with Crippen molar-refractivity contribution in [1.82, 2.24) is 4.90 Å². The predicted octanol–water partition coefficient (Wildman–Crippen LogP) is 5.58. The Labute approximate surface area is 203 Å². The minimum Gasteiger partial charge on any atom is -0.493 e. The first-order chi connectivity index (χ1) is 16.6. The minimum absolute atomic E-state index is 0.202. The third-order valence-electron chi connectivity index (χ3n) is 7.28. The summed E-state index contributed by atoms with van der Waals surface area (Å²) >= 11 is 0. The van der Waals surface area contributed by atoms with Crippen molar-refractivity contribution in [3.8, 4) is 23.0 Å². The maximum Gasteiger partial charge on any atom is 0.223 e. The van der Waals surface area contributed by atoms with Crippen LogP contribution in [0.25, 0.3) is 0 Å². The Morgan fingerprint density at radius 2 is 1.59 bits per heavy atom. The molecular formula is C28H37NO5. The standard InChI is InChI=1S/C28H37NO5/c1-31-24-11-7-8-12-25(24)34-19-23-22-18-27(33-3)26(32-2)17-21(22)15-16-29(23)28(30)14-13-20-9-5-4-6-10-20/h7-8,11-12,17-18,20,23H,4-6,9-10,13-16,19H2,1-3H3/t23-/m1/s1. The molecule has 34 heavy (non-hydrogen) atoms. The Kier molecular flexibility index (Phi) is 8.20. The summed E-state index contributed by atoms with van der Waals surface area (Å²) in [5.41, 5.74) is 2.23.